The second-order valence-corrected chi connectivity index (χ2v) is 7.62. The van der Waals surface area contributed by atoms with Crippen LogP contribution in [0.2, 0.25) is 0 Å². The Morgan fingerprint density at radius 1 is 1.38 bits per heavy atom. The molecule has 0 amide bonds. The molecule has 0 aliphatic rings. The molecule has 1 aromatic rings. The number of hydrogen-bond donors (Lipinski definition) is 3. The van der Waals surface area contributed by atoms with Crippen LogP contribution in [0.4, 0.5) is 5.69 Å². The Labute approximate surface area is 125 Å². The first-order valence-electron chi connectivity index (χ1n) is 6.59. The third-order valence-corrected chi connectivity index (χ3v) is 4.76. The largest absolute Gasteiger partial charge is 0.478 e. The average Bonchev–Trinajstić information content (AvgIpc) is 2.34. The lowest BCUT2D eigenvalue weighted by Crippen LogP contribution is -2.29. The lowest BCUT2D eigenvalue weighted by Gasteiger charge is -2.30. The third kappa shape index (κ3) is 4.44. The standard InChI is InChI=1S/C14H22N2O4S/c1-9(2)14(3,4)8-16-12-6-5-10(21(15,19)20)7-11(12)13(17)18/h5-7,9,16H,8H2,1-4H3,(H,17,18)(H2,15,19,20). The molecular formula is C14H22N2O4S. The normalized spacial score (nSPS) is 12.5. The second kappa shape index (κ2) is 6.03. The fraction of sp³-hybridized carbons (Fsp3) is 0.500. The van der Waals surface area contributed by atoms with Crippen molar-refractivity contribution in [3.05, 3.63) is 23.8 Å². The van der Waals surface area contributed by atoms with Crippen LogP contribution in [-0.4, -0.2) is 26.0 Å². The van der Waals surface area contributed by atoms with Gasteiger partial charge in [-0.1, -0.05) is 27.7 Å². The summed E-state index contributed by atoms with van der Waals surface area (Å²) in [5.41, 5.74) is 0.235. The lowest BCUT2D eigenvalue weighted by atomic mass is 9.81. The smallest absolute Gasteiger partial charge is 0.337 e. The van der Waals surface area contributed by atoms with E-state index in [0.29, 0.717) is 18.2 Å². The highest BCUT2D eigenvalue weighted by atomic mass is 32.2. The number of nitrogens with one attached hydrogen (secondary N) is 1. The van der Waals surface area contributed by atoms with E-state index in [-0.39, 0.29) is 15.9 Å². The van der Waals surface area contributed by atoms with Crippen molar-refractivity contribution >= 4 is 21.7 Å². The van der Waals surface area contributed by atoms with Crippen LogP contribution in [0.25, 0.3) is 0 Å². The first kappa shape index (κ1) is 17.5. The molecule has 0 radical (unpaired) electrons. The summed E-state index contributed by atoms with van der Waals surface area (Å²) in [5.74, 6) is -0.799. The van der Waals surface area contributed by atoms with E-state index in [1.807, 2.05) is 0 Å². The number of sulfonamides is 1. The van der Waals surface area contributed by atoms with Crippen LogP contribution in [0.3, 0.4) is 0 Å². The van der Waals surface area contributed by atoms with Gasteiger partial charge in [0, 0.05) is 12.2 Å². The number of rotatable bonds is 6. The molecule has 0 aromatic heterocycles. The molecule has 0 fully saturated rings. The van der Waals surface area contributed by atoms with Gasteiger partial charge in [0.15, 0.2) is 0 Å². The first-order chi connectivity index (χ1) is 9.45. The Bertz CT molecular complexity index is 636. The Morgan fingerprint density at radius 3 is 2.38 bits per heavy atom. The molecule has 21 heavy (non-hydrogen) atoms. The second-order valence-electron chi connectivity index (χ2n) is 6.05. The van der Waals surface area contributed by atoms with Gasteiger partial charge in [-0.25, -0.2) is 18.4 Å². The molecule has 0 aliphatic heterocycles. The molecule has 0 heterocycles. The summed E-state index contributed by atoms with van der Waals surface area (Å²) in [5, 5.41) is 17.3. The van der Waals surface area contributed by atoms with E-state index in [9.17, 15) is 18.3 Å². The highest BCUT2D eigenvalue weighted by Gasteiger charge is 2.23. The van der Waals surface area contributed by atoms with E-state index in [1.165, 1.54) is 12.1 Å². The summed E-state index contributed by atoms with van der Waals surface area (Å²) in [6, 6.07) is 3.80. The fourth-order valence-corrected chi connectivity index (χ4v) is 2.10. The zero-order valence-electron chi connectivity index (χ0n) is 12.7. The van der Waals surface area contributed by atoms with Gasteiger partial charge in [-0.2, -0.15) is 0 Å². The molecule has 0 spiro atoms. The molecular weight excluding hydrogens is 292 g/mol. The Balaban J connectivity index is 3.12. The molecule has 0 unspecified atom stereocenters. The SMILES string of the molecule is CC(C)C(C)(C)CNc1ccc(S(N)(=O)=O)cc1C(=O)O. The maximum absolute atomic E-state index is 11.3. The molecule has 0 aliphatic carbocycles. The van der Waals surface area contributed by atoms with Crippen LogP contribution in [0.1, 0.15) is 38.1 Å². The van der Waals surface area contributed by atoms with Gasteiger partial charge in [0.1, 0.15) is 0 Å². The number of nitrogens with two attached hydrogens (primary N) is 1. The van der Waals surface area contributed by atoms with Crippen molar-refractivity contribution in [2.24, 2.45) is 16.5 Å². The number of hydrogen-bond acceptors (Lipinski definition) is 4. The van der Waals surface area contributed by atoms with Crippen molar-refractivity contribution in [3.63, 3.8) is 0 Å². The predicted molar refractivity (Wildman–Crippen MR) is 81.9 cm³/mol. The summed E-state index contributed by atoms with van der Waals surface area (Å²) in [4.78, 5) is 11.1. The highest BCUT2D eigenvalue weighted by molar-refractivity contribution is 7.89. The Hall–Kier alpha value is -1.60. The van der Waals surface area contributed by atoms with Crippen molar-refractivity contribution in [1.29, 1.82) is 0 Å². The summed E-state index contributed by atoms with van der Waals surface area (Å²) in [6.07, 6.45) is 0. The number of primary sulfonamides is 1. The minimum atomic E-state index is -3.92. The molecule has 1 rings (SSSR count). The monoisotopic (exact) mass is 314 g/mol. The number of aromatic carboxylic acids is 1. The van der Waals surface area contributed by atoms with E-state index in [4.69, 9.17) is 5.14 Å². The predicted octanol–water partition coefficient (Wildman–Crippen LogP) is 2.13. The number of carboxylic acids is 1. The van der Waals surface area contributed by atoms with Gasteiger partial charge in [0.05, 0.1) is 10.5 Å². The first-order valence-corrected chi connectivity index (χ1v) is 8.14. The van der Waals surface area contributed by atoms with Crippen molar-refractivity contribution in [2.45, 2.75) is 32.6 Å². The van der Waals surface area contributed by atoms with Crippen molar-refractivity contribution in [1.82, 2.24) is 0 Å². The average molecular weight is 314 g/mol. The van der Waals surface area contributed by atoms with Crippen LogP contribution < -0.4 is 10.5 Å². The molecule has 0 bridgehead atoms. The van der Waals surface area contributed by atoms with Crippen LogP contribution in [0.5, 0.6) is 0 Å². The van der Waals surface area contributed by atoms with E-state index < -0.39 is 16.0 Å². The fourth-order valence-electron chi connectivity index (χ4n) is 1.56. The summed E-state index contributed by atoms with van der Waals surface area (Å²) in [7, 11) is -3.92. The number of carboxylic acid groups (broad SMARTS) is 1. The lowest BCUT2D eigenvalue weighted by molar-refractivity contribution is 0.0697. The van der Waals surface area contributed by atoms with E-state index in [2.05, 4.69) is 33.0 Å². The van der Waals surface area contributed by atoms with Crippen molar-refractivity contribution in [2.75, 3.05) is 11.9 Å². The maximum Gasteiger partial charge on any atom is 0.337 e. The van der Waals surface area contributed by atoms with Gasteiger partial charge in [-0.3, -0.25) is 0 Å². The molecule has 7 heteroatoms. The molecule has 1 aromatic carbocycles. The van der Waals surface area contributed by atoms with Crippen molar-refractivity contribution in [3.8, 4) is 0 Å². The quantitative estimate of drug-likeness (QED) is 0.745. The molecule has 0 saturated carbocycles. The minimum absolute atomic E-state index is 0.0333. The minimum Gasteiger partial charge on any atom is -0.478 e. The Morgan fingerprint density at radius 2 is 1.95 bits per heavy atom. The van der Waals surface area contributed by atoms with Gasteiger partial charge in [-0.05, 0) is 29.5 Å². The van der Waals surface area contributed by atoms with Crippen molar-refractivity contribution < 1.29 is 18.3 Å². The number of benzene rings is 1. The molecule has 0 atom stereocenters. The summed E-state index contributed by atoms with van der Waals surface area (Å²) < 4.78 is 22.6. The third-order valence-electron chi connectivity index (χ3n) is 3.85. The molecule has 118 valence electrons. The highest BCUT2D eigenvalue weighted by Crippen LogP contribution is 2.28. The van der Waals surface area contributed by atoms with Crippen LogP contribution in [-0.2, 0) is 10.0 Å². The van der Waals surface area contributed by atoms with E-state index in [1.54, 1.807) is 0 Å². The number of anilines is 1. The van der Waals surface area contributed by atoms with Crippen LogP contribution in [0, 0.1) is 11.3 Å². The van der Waals surface area contributed by atoms with Crippen LogP contribution >= 0.6 is 0 Å². The molecule has 6 nitrogen and oxygen atoms in total. The molecule has 4 N–H and O–H groups in total. The van der Waals surface area contributed by atoms with E-state index in [0.717, 1.165) is 6.07 Å². The summed E-state index contributed by atoms with van der Waals surface area (Å²) in [6.45, 7) is 8.89. The maximum atomic E-state index is 11.3. The zero-order chi connectivity index (χ0) is 16.4. The van der Waals surface area contributed by atoms with Gasteiger partial charge in [0.25, 0.3) is 0 Å². The number of carbonyl (C=O) groups is 1. The summed E-state index contributed by atoms with van der Waals surface area (Å²) >= 11 is 0. The Kier molecular flexibility index (Phi) is 5.01. The van der Waals surface area contributed by atoms with Crippen LogP contribution in [0.15, 0.2) is 23.1 Å². The van der Waals surface area contributed by atoms with Gasteiger partial charge in [0.2, 0.25) is 10.0 Å². The molecule has 0 saturated heterocycles. The van der Waals surface area contributed by atoms with E-state index >= 15 is 0 Å². The zero-order valence-corrected chi connectivity index (χ0v) is 13.5. The van der Waals surface area contributed by atoms with Gasteiger partial charge >= 0.3 is 5.97 Å². The van der Waals surface area contributed by atoms with Gasteiger partial charge in [-0.15, -0.1) is 0 Å². The topological polar surface area (TPSA) is 109 Å². The van der Waals surface area contributed by atoms with Gasteiger partial charge < -0.3 is 10.4 Å².